The quantitative estimate of drug-likeness (QED) is 0.238. The molecule has 0 amide bonds. The molecule has 0 saturated carbocycles. The fourth-order valence-electron chi connectivity index (χ4n) is 4.83. The second-order valence-corrected chi connectivity index (χ2v) is 16.4. The van der Waals surface area contributed by atoms with Crippen LogP contribution < -0.4 is 14.2 Å². The monoisotopic (exact) mass is 639 g/mol. The maximum atomic E-state index is 13.5. The third-order valence-electron chi connectivity index (χ3n) is 7.12. The number of thiazole rings is 1. The van der Waals surface area contributed by atoms with Crippen molar-refractivity contribution in [2.75, 3.05) is 21.8 Å². The Balaban J connectivity index is 1.58. The Morgan fingerprint density at radius 3 is 2.49 bits per heavy atom. The van der Waals surface area contributed by atoms with Crippen LogP contribution in [0.15, 0.2) is 77.7 Å². The number of fused-ring (bicyclic) bond motifs is 6. The lowest BCUT2D eigenvalue weighted by Crippen LogP contribution is -2.17. The Labute approximate surface area is 258 Å². The smallest absolute Gasteiger partial charge is 0.263 e. The summed E-state index contributed by atoms with van der Waals surface area (Å²) in [5.41, 5.74) is 3.90. The zero-order valence-corrected chi connectivity index (χ0v) is 27.0. The van der Waals surface area contributed by atoms with Gasteiger partial charge in [0.25, 0.3) is 10.0 Å². The number of nitrogens with one attached hydrogen (secondary N) is 2. The number of ether oxygens (including phenoxy) is 1. The highest BCUT2D eigenvalue weighted by Gasteiger charge is 2.23. The topological polar surface area (TPSA) is 114 Å². The molecule has 0 saturated heterocycles. The van der Waals surface area contributed by atoms with Crippen LogP contribution in [-0.2, 0) is 26.5 Å². The molecular formula is C32H37N3O5S3. The van der Waals surface area contributed by atoms with E-state index in [9.17, 15) is 16.8 Å². The third-order valence-corrected chi connectivity index (χ3v) is 11.0. The number of hydrogen-bond donors (Lipinski definition) is 2. The molecule has 2 heterocycles. The molecular weight excluding hydrogens is 603 g/mol. The molecule has 0 atom stereocenters. The number of benzene rings is 3. The molecule has 1 aromatic heterocycles. The second kappa shape index (κ2) is 12.7. The molecule has 0 unspecified atom stereocenters. The summed E-state index contributed by atoms with van der Waals surface area (Å²) in [6.45, 7) is 7.12. The lowest BCUT2D eigenvalue weighted by atomic mass is 9.93. The van der Waals surface area contributed by atoms with Gasteiger partial charge in [0, 0.05) is 11.3 Å². The summed E-state index contributed by atoms with van der Waals surface area (Å²) in [7, 11) is -7.69. The van der Waals surface area contributed by atoms with E-state index in [0.29, 0.717) is 18.7 Å². The van der Waals surface area contributed by atoms with Crippen LogP contribution in [0.1, 0.15) is 52.0 Å². The van der Waals surface area contributed by atoms with Gasteiger partial charge < -0.3 is 4.74 Å². The van der Waals surface area contributed by atoms with Crippen molar-refractivity contribution in [1.82, 2.24) is 4.98 Å². The van der Waals surface area contributed by atoms with Crippen LogP contribution >= 0.6 is 11.3 Å². The fourth-order valence-corrected chi connectivity index (χ4v) is 8.26. The Morgan fingerprint density at radius 1 is 0.884 bits per heavy atom. The van der Waals surface area contributed by atoms with Gasteiger partial charge >= 0.3 is 0 Å². The van der Waals surface area contributed by atoms with Crippen molar-refractivity contribution in [3.63, 3.8) is 0 Å². The van der Waals surface area contributed by atoms with Gasteiger partial charge in [-0.15, -0.1) is 0 Å². The van der Waals surface area contributed by atoms with Crippen molar-refractivity contribution in [3.05, 3.63) is 78.4 Å². The lowest BCUT2D eigenvalue weighted by Gasteiger charge is -2.18. The molecule has 0 fully saturated rings. The SMILES string of the molecule is CC(C)(C)CCOc1cccc(-c2sc3nc2-c2ccccc2CCCCCS(=O)(=O)Nc2cccc(c2)S(=O)(=O)N3)c1. The van der Waals surface area contributed by atoms with Gasteiger partial charge in [-0.2, -0.15) is 0 Å². The first-order valence-electron chi connectivity index (χ1n) is 14.3. The minimum absolute atomic E-state index is 0.0444. The number of aromatic nitrogens is 1. The molecule has 0 radical (unpaired) electrons. The number of anilines is 2. The van der Waals surface area contributed by atoms with Crippen LogP contribution in [0.25, 0.3) is 21.7 Å². The molecule has 0 spiro atoms. The average Bonchev–Trinajstić information content (AvgIpc) is 3.35. The van der Waals surface area contributed by atoms with Gasteiger partial charge in [-0.05, 0) is 72.6 Å². The van der Waals surface area contributed by atoms with Crippen LogP contribution in [0.5, 0.6) is 5.75 Å². The largest absolute Gasteiger partial charge is 0.494 e. The normalized spacial score (nSPS) is 16.6. The van der Waals surface area contributed by atoms with Gasteiger partial charge in [0.05, 0.1) is 27.8 Å². The molecule has 11 heteroatoms. The van der Waals surface area contributed by atoms with E-state index in [2.05, 4.69) is 30.2 Å². The minimum Gasteiger partial charge on any atom is -0.494 e. The van der Waals surface area contributed by atoms with Gasteiger partial charge in [-0.3, -0.25) is 9.44 Å². The number of rotatable bonds is 4. The molecule has 0 aliphatic carbocycles. The molecule has 2 N–H and O–H groups in total. The minimum atomic E-state index is -4.07. The van der Waals surface area contributed by atoms with E-state index in [1.165, 1.54) is 35.6 Å². The number of hydrogen-bond acceptors (Lipinski definition) is 7. The van der Waals surface area contributed by atoms with Crippen LogP contribution in [0.3, 0.4) is 0 Å². The predicted octanol–water partition coefficient (Wildman–Crippen LogP) is 7.56. The molecule has 1 aliphatic heterocycles. The van der Waals surface area contributed by atoms with E-state index < -0.39 is 20.0 Å². The zero-order valence-electron chi connectivity index (χ0n) is 24.6. The Hall–Kier alpha value is -3.41. The van der Waals surface area contributed by atoms with Crippen molar-refractivity contribution >= 4 is 42.2 Å². The van der Waals surface area contributed by atoms with E-state index in [4.69, 9.17) is 9.72 Å². The van der Waals surface area contributed by atoms with Gasteiger partial charge in [0.2, 0.25) is 10.0 Å². The van der Waals surface area contributed by atoms with Crippen molar-refractivity contribution in [1.29, 1.82) is 0 Å². The zero-order chi connectivity index (χ0) is 30.7. The highest BCUT2D eigenvalue weighted by molar-refractivity contribution is 7.93. The van der Waals surface area contributed by atoms with Crippen molar-refractivity contribution < 1.29 is 21.6 Å². The molecule has 1 aliphatic rings. The average molecular weight is 640 g/mol. The van der Waals surface area contributed by atoms with Gasteiger partial charge in [-0.25, -0.2) is 21.8 Å². The van der Waals surface area contributed by atoms with Gasteiger partial charge in [0.15, 0.2) is 5.13 Å². The first-order chi connectivity index (χ1) is 20.4. The van der Waals surface area contributed by atoms with Crippen molar-refractivity contribution in [2.45, 2.75) is 57.8 Å². The molecule has 228 valence electrons. The highest BCUT2D eigenvalue weighted by Crippen LogP contribution is 2.42. The molecule has 43 heavy (non-hydrogen) atoms. The summed E-state index contributed by atoms with van der Waals surface area (Å²) in [6, 6.07) is 21.6. The van der Waals surface area contributed by atoms with Crippen LogP contribution in [-0.4, -0.2) is 34.2 Å². The van der Waals surface area contributed by atoms with Gasteiger partial charge in [0.1, 0.15) is 5.75 Å². The summed E-state index contributed by atoms with van der Waals surface area (Å²) in [4.78, 5) is 5.60. The molecule has 3 aromatic carbocycles. The van der Waals surface area contributed by atoms with E-state index >= 15 is 0 Å². The maximum absolute atomic E-state index is 13.5. The highest BCUT2D eigenvalue weighted by atomic mass is 32.2. The molecule has 4 aromatic rings. The maximum Gasteiger partial charge on any atom is 0.263 e. The van der Waals surface area contributed by atoms with Crippen LogP contribution in [0.2, 0.25) is 0 Å². The number of sulfonamides is 2. The number of aryl methyl sites for hydroxylation is 1. The fraction of sp³-hybridized carbons (Fsp3) is 0.344. The van der Waals surface area contributed by atoms with Crippen molar-refractivity contribution in [2.24, 2.45) is 5.41 Å². The molecule has 8 nitrogen and oxygen atoms in total. The summed E-state index contributed by atoms with van der Waals surface area (Å²) in [5.74, 6) is 0.697. The van der Waals surface area contributed by atoms with E-state index in [1.54, 1.807) is 0 Å². The van der Waals surface area contributed by atoms with Crippen LogP contribution in [0.4, 0.5) is 10.8 Å². The first kappa shape index (κ1) is 31.0. The molecule has 5 rings (SSSR count). The third kappa shape index (κ3) is 8.16. The summed E-state index contributed by atoms with van der Waals surface area (Å²) in [6.07, 6.45) is 3.67. The number of nitrogens with zero attached hydrogens (tertiary/aromatic N) is 1. The Kier molecular flexibility index (Phi) is 9.15. The summed E-state index contributed by atoms with van der Waals surface area (Å²) >= 11 is 1.26. The van der Waals surface area contributed by atoms with Crippen LogP contribution in [0, 0.1) is 5.41 Å². The van der Waals surface area contributed by atoms with E-state index in [1.807, 2.05) is 48.5 Å². The second-order valence-electron chi connectivity index (χ2n) is 11.9. The predicted molar refractivity (Wildman–Crippen MR) is 175 cm³/mol. The summed E-state index contributed by atoms with van der Waals surface area (Å²) in [5, 5.41) is 0.217. The first-order valence-corrected chi connectivity index (χ1v) is 18.3. The Bertz CT molecular complexity index is 1810. The Morgan fingerprint density at radius 2 is 1.67 bits per heavy atom. The standard InChI is InChI=1S/C32H37N3O5S3/c1-32(2,3)18-19-40-26-15-9-13-24(21-26)30-29-28-17-7-6-12-23(28)11-5-4-8-20-42(36,37)34-25-14-10-16-27(22-25)43(38,39)35-31(33-29)41-30/h6-7,9-10,12-17,21-22,34H,4-5,8,11,18-20H2,1-3H3,(H,33,35). The van der Waals surface area contributed by atoms with E-state index in [0.717, 1.165) is 53.0 Å². The molecule has 4 bridgehead atoms. The van der Waals surface area contributed by atoms with Gasteiger partial charge in [-0.1, -0.05) is 81.0 Å². The summed E-state index contributed by atoms with van der Waals surface area (Å²) < 4.78 is 63.6. The van der Waals surface area contributed by atoms with E-state index in [-0.39, 0.29) is 26.9 Å². The van der Waals surface area contributed by atoms with Crippen molar-refractivity contribution in [3.8, 4) is 27.4 Å². The lowest BCUT2D eigenvalue weighted by molar-refractivity contribution is 0.243.